The zero-order valence-electron chi connectivity index (χ0n) is 12.8. The number of fused-ring (bicyclic) bond motifs is 3. The Hall–Kier alpha value is -2.68. The van der Waals surface area contributed by atoms with Crippen LogP contribution in [0.25, 0.3) is 21.9 Å². The van der Waals surface area contributed by atoms with Crippen LogP contribution in [0.2, 0.25) is 0 Å². The molecule has 120 valence electrons. The van der Waals surface area contributed by atoms with Gasteiger partial charge in [-0.2, -0.15) is 0 Å². The van der Waals surface area contributed by atoms with Crippen LogP contribution >= 0.6 is 8.24 Å². The number of para-hydroxylation sites is 3. The Labute approximate surface area is 139 Å². The predicted octanol–water partition coefficient (Wildman–Crippen LogP) is 5.62. The monoisotopic (exact) mass is 338 g/mol. The minimum absolute atomic E-state index is 0.197. The van der Waals surface area contributed by atoms with E-state index in [1.807, 2.05) is 60.7 Å². The van der Waals surface area contributed by atoms with Gasteiger partial charge < -0.3 is 13.5 Å². The van der Waals surface area contributed by atoms with Crippen molar-refractivity contribution in [1.29, 1.82) is 0 Å². The van der Waals surface area contributed by atoms with Crippen LogP contribution in [-0.2, 0) is 6.61 Å². The molecule has 0 bridgehead atoms. The van der Waals surface area contributed by atoms with Crippen LogP contribution < -0.4 is 4.52 Å². The molecule has 4 nitrogen and oxygen atoms in total. The summed E-state index contributed by atoms with van der Waals surface area (Å²) in [5.41, 5.74) is 2.15. The lowest BCUT2D eigenvalue weighted by Crippen LogP contribution is -1.92. The predicted molar refractivity (Wildman–Crippen MR) is 94.7 cm³/mol. The molecular formula is C19H15O4P. The second kappa shape index (κ2) is 6.44. The Morgan fingerprint density at radius 3 is 1.92 bits per heavy atom. The topological polar surface area (TPSA) is 55.7 Å². The van der Waals surface area contributed by atoms with Gasteiger partial charge in [-0.05, 0) is 18.2 Å². The number of aromatic hydroxyl groups is 1. The number of phenols is 1. The first-order chi connectivity index (χ1) is 11.8. The van der Waals surface area contributed by atoms with Gasteiger partial charge in [0.2, 0.25) is 0 Å². The largest absolute Gasteiger partial charge is 0.508 e. The Kier molecular flexibility index (Phi) is 3.99. The highest BCUT2D eigenvalue weighted by Gasteiger charge is 2.08. The second-order valence-electron chi connectivity index (χ2n) is 5.30. The van der Waals surface area contributed by atoms with Crippen molar-refractivity contribution in [3.8, 4) is 5.75 Å². The number of benzene rings is 3. The average molecular weight is 338 g/mol. The van der Waals surface area contributed by atoms with Crippen molar-refractivity contribution in [3.05, 3.63) is 78.4 Å². The fraction of sp³-hybridized carbons (Fsp3) is 0.0526. The van der Waals surface area contributed by atoms with Gasteiger partial charge in [-0.15, -0.1) is 0 Å². The highest BCUT2D eigenvalue weighted by atomic mass is 31.1. The molecule has 3 aromatic carbocycles. The van der Waals surface area contributed by atoms with Crippen molar-refractivity contribution in [2.75, 3.05) is 0 Å². The highest BCUT2D eigenvalue weighted by Crippen LogP contribution is 2.34. The number of hydrogen-bond acceptors (Lipinski definition) is 4. The summed E-state index contributed by atoms with van der Waals surface area (Å²) >= 11 is 0. The molecule has 24 heavy (non-hydrogen) atoms. The van der Waals surface area contributed by atoms with Crippen molar-refractivity contribution in [3.63, 3.8) is 0 Å². The van der Waals surface area contributed by atoms with Crippen LogP contribution in [-0.4, -0.2) is 5.11 Å². The Morgan fingerprint density at radius 2 is 1.29 bits per heavy atom. The van der Waals surface area contributed by atoms with E-state index in [-0.39, 0.29) is 12.4 Å². The maximum Gasteiger partial charge on any atom is 0.387 e. The van der Waals surface area contributed by atoms with Gasteiger partial charge in [-0.25, -0.2) is 0 Å². The molecule has 4 aromatic rings. The summed E-state index contributed by atoms with van der Waals surface area (Å²) in [6, 6.07) is 22.6. The molecule has 0 aliphatic carbocycles. The first kappa shape index (κ1) is 14.9. The highest BCUT2D eigenvalue weighted by molar-refractivity contribution is 7.31. The third-order valence-corrected chi connectivity index (χ3v) is 4.76. The van der Waals surface area contributed by atoms with Gasteiger partial charge in [0, 0.05) is 16.3 Å². The van der Waals surface area contributed by atoms with Crippen molar-refractivity contribution in [2.45, 2.75) is 6.61 Å². The number of rotatable bonds is 3. The molecular weight excluding hydrogens is 323 g/mol. The van der Waals surface area contributed by atoms with Gasteiger partial charge in [0.25, 0.3) is 0 Å². The maximum atomic E-state index is 9.86. The molecule has 4 rings (SSSR count). The van der Waals surface area contributed by atoms with E-state index in [0.29, 0.717) is 5.56 Å². The molecule has 0 aliphatic rings. The smallest absolute Gasteiger partial charge is 0.387 e. The fourth-order valence-corrected chi connectivity index (χ4v) is 3.55. The quantitative estimate of drug-likeness (QED) is 0.526. The Bertz CT molecular complexity index is 981. The summed E-state index contributed by atoms with van der Waals surface area (Å²) in [5.74, 6) is 0.197. The van der Waals surface area contributed by atoms with Crippen molar-refractivity contribution < 1.29 is 18.0 Å². The van der Waals surface area contributed by atoms with E-state index in [9.17, 15) is 5.11 Å². The van der Waals surface area contributed by atoms with Gasteiger partial charge in [-0.3, -0.25) is 4.52 Å². The van der Waals surface area contributed by atoms with E-state index >= 15 is 0 Å². The summed E-state index contributed by atoms with van der Waals surface area (Å²) in [4.78, 5) is 0. The molecule has 5 heteroatoms. The number of phenolic OH excluding ortho intramolecular Hbond substituents is 1. The standard InChI is InChI=1S/C19H15O4P/c20-17-10-4-1-7-14(17)13-21-24-22-18-11-5-2-8-15(18)16-9-3-6-12-19(16)23-24/h1-12,20H,13H2. The molecule has 0 fully saturated rings. The molecule has 0 atom stereocenters. The van der Waals surface area contributed by atoms with E-state index < -0.39 is 8.24 Å². The van der Waals surface area contributed by atoms with E-state index in [2.05, 4.69) is 0 Å². The van der Waals surface area contributed by atoms with E-state index in [1.165, 1.54) is 0 Å². The van der Waals surface area contributed by atoms with Crippen molar-refractivity contribution >= 4 is 30.2 Å². The summed E-state index contributed by atoms with van der Waals surface area (Å²) in [7, 11) is -1.62. The first-order valence-corrected chi connectivity index (χ1v) is 8.65. The van der Waals surface area contributed by atoms with Crippen LogP contribution in [0.15, 0.2) is 81.2 Å². The molecule has 0 amide bonds. The molecule has 0 radical (unpaired) electrons. The van der Waals surface area contributed by atoms with E-state index in [4.69, 9.17) is 12.9 Å². The summed E-state index contributed by atoms with van der Waals surface area (Å²) in [5, 5.41) is 11.8. The van der Waals surface area contributed by atoms with Crippen LogP contribution in [0.4, 0.5) is 0 Å². The van der Waals surface area contributed by atoms with Crippen LogP contribution in [0.3, 0.4) is 0 Å². The van der Waals surface area contributed by atoms with Crippen LogP contribution in [0.1, 0.15) is 5.56 Å². The molecule has 0 aliphatic heterocycles. The Morgan fingerprint density at radius 1 is 0.750 bits per heavy atom. The van der Waals surface area contributed by atoms with Gasteiger partial charge in [0.05, 0.1) is 6.61 Å². The molecule has 1 N–H and O–H groups in total. The number of hydrogen-bond donors (Lipinski definition) is 1. The fourth-order valence-electron chi connectivity index (χ4n) is 2.52. The van der Waals surface area contributed by atoms with Gasteiger partial charge in [0.1, 0.15) is 16.9 Å². The molecule has 0 saturated carbocycles. The Balaban J connectivity index is 1.82. The summed E-state index contributed by atoms with van der Waals surface area (Å²) in [6.07, 6.45) is 0. The zero-order valence-corrected chi connectivity index (χ0v) is 13.6. The molecule has 0 saturated heterocycles. The van der Waals surface area contributed by atoms with E-state index in [1.54, 1.807) is 12.1 Å². The van der Waals surface area contributed by atoms with Gasteiger partial charge >= 0.3 is 8.24 Å². The van der Waals surface area contributed by atoms with Crippen molar-refractivity contribution in [1.82, 2.24) is 0 Å². The summed E-state index contributed by atoms with van der Waals surface area (Å²) < 4.78 is 17.7. The maximum absolute atomic E-state index is 9.86. The lowest BCUT2D eigenvalue weighted by molar-refractivity contribution is 0.353. The lowest BCUT2D eigenvalue weighted by Gasteiger charge is -2.03. The zero-order chi connectivity index (χ0) is 16.4. The average Bonchev–Trinajstić information content (AvgIpc) is 2.77. The minimum atomic E-state index is -1.62. The van der Waals surface area contributed by atoms with Crippen LogP contribution in [0.5, 0.6) is 5.75 Å². The van der Waals surface area contributed by atoms with Crippen LogP contribution in [0, 0.1) is 0 Å². The van der Waals surface area contributed by atoms with E-state index in [0.717, 1.165) is 21.9 Å². The third kappa shape index (κ3) is 2.90. The van der Waals surface area contributed by atoms with Gasteiger partial charge in [0.15, 0.2) is 0 Å². The summed E-state index contributed by atoms with van der Waals surface area (Å²) in [6.45, 7) is 0.211. The molecule has 0 unspecified atom stereocenters. The van der Waals surface area contributed by atoms with Gasteiger partial charge in [-0.1, -0.05) is 54.6 Å². The SMILES string of the molecule is Oc1ccccc1COp1oc2ccccc2c2ccccc2o1. The molecule has 0 spiro atoms. The molecule has 1 heterocycles. The van der Waals surface area contributed by atoms with Crippen molar-refractivity contribution in [2.24, 2.45) is 0 Å². The third-order valence-electron chi connectivity index (χ3n) is 3.73. The molecule has 1 aromatic heterocycles. The second-order valence-corrected chi connectivity index (χ2v) is 6.37. The first-order valence-electron chi connectivity index (χ1n) is 7.55. The lowest BCUT2D eigenvalue weighted by atomic mass is 10.1. The minimum Gasteiger partial charge on any atom is -0.508 e. The normalized spacial score (nSPS) is 11.0.